The molecule has 0 aromatic rings. The van der Waals surface area contributed by atoms with Gasteiger partial charge >= 0.3 is 0 Å². The van der Waals surface area contributed by atoms with Crippen molar-refractivity contribution in [3.8, 4) is 0 Å². The minimum absolute atomic E-state index is 0.00575. The van der Waals surface area contributed by atoms with Crippen LogP contribution in [0.25, 0.3) is 0 Å². The monoisotopic (exact) mass is 206 g/mol. The Balaban J connectivity index is 2.21. The lowest BCUT2D eigenvalue weighted by Gasteiger charge is -2.44. The SMILES string of the molecule is CCC1(C)N=NC2C(Cl)C(Cl)C21. The van der Waals surface area contributed by atoms with Crippen LogP contribution in [-0.2, 0) is 0 Å². The second kappa shape index (κ2) is 2.58. The van der Waals surface area contributed by atoms with Crippen molar-refractivity contribution in [3.05, 3.63) is 0 Å². The van der Waals surface area contributed by atoms with Gasteiger partial charge in [-0.05, 0) is 13.3 Å². The highest BCUT2D eigenvalue weighted by Gasteiger charge is 2.60. The van der Waals surface area contributed by atoms with Crippen LogP contribution in [0.1, 0.15) is 20.3 Å². The Morgan fingerprint density at radius 2 is 2.00 bits per heavy atom. The van der Waals surface area contributed by atoms with E-state index in [1.807, 2.05) is 0 Å². The second-order valence-corrected chi connectivity index (χ2v) is 4.84. The average Bonchev–Trinajstić information content (AvgIpc) is 2.40. The lowest BCUT2D eigenvalue weighted by atomic mass is 9.68. The van der Waals surface area contributed by atoms with Crippen LogP contribution in [0.15, 0.2) is 10.2 Å². The molecular formula is C8H12Cl2N2. The van der Waals surface area contributed by atoms with Gasteiger partial charge < -0.3 is 0 Å². The molecule has 0 spiro atoms. The number of fused-ring (bicyclic) bond motifs is 1. The Morgan fingerprint density at radius 1 is 1.33 bits per heavy atom. The number of alkyl halides is 2. The van der Waals surface area contributed by atoms with E-state index in [1.54, 1.807) is 0 Å². The number of rotatable bonds is 1. The third-order valence-electron chi connectivity index (χ3n) is 3.19. The predicted octanol–water partition coefficient (Wildman–Crippen LogP) is 2.83. The average molecular weight is 207 g/mol. The van der Waals surface area contributed by atoms with E-state index in [4.69, 9.17) is 23.2 Å². The number of hydrogen-bond acceptors (Lipinski definition) is 2. The van der Waals surface area contributed by atoms with Crippen LogP contribution in [-0.4, -0.2) is 22.3 Å². The van der Waals surface area contributed by atoms with Gasteiger partial charge in [0.15, 0.2) is 0 Å². The first kappa shape index (κ1) is 8.76. The van der Waals surface area contributed by atoms with Gasteiger partial charge in [0.05, 0.1) is 22.3 Å². The van der Waals surface area contributed by atoms with Crippen LogP contribution in [0, 0.1) is 5.92 Å². The molecule has 1 aliphatic heterocycles. The summed E-state index contributed by atoms with van der Waals surface area (Å²) < 4.78 is 0. The lowest BCUT2D eigenvalue weighted by Crippen LogP contribution is -2.58. The van der Waals surface area contributed by atoms with Crippen molar-refractivity contribution >= 4 is 23.2 Å². The van der Waals surface area contributed by atoms with E-state index in [0.717, 1.165) is 6.42 Å². The zero-order valence-corrected chi connectivity index (χ0v) is 8.68. The molecule has 2 rings (SSSR count). The van der Waals surface area contributed by atoms with Gasteiger partial charge in [-0.3, -0.25) is 0 Å². The van der Waals surface area contributed by atoms with Crippen LogP contribution in [0.5, 0.6) is 0 Å². The van der Waals surface area contributed by atoms with Gasteiger partial charge in [-0.1, -0.05) is 6.92 Å². The molecule has 1 fully saturated rings. The molecule has 0 aromatic carbocycles. The number of nitrogens with zero attached hydrogens (tertiary/aromatic N) is 2. The van der Waals surface area contributed by atoms with Crippen LogP contribution in [0.3, 0.4) is 0 Å². The molecule has 0 radical (unpaired) electrons. The molecule has 5 atom stereocenters. The molecule has 4 heteroatoms. The molecule has 1 saturated carbocycles. The van der Waals surface area contributed by atoms with Crippen LogP contribution < -0.4 is 0 Å². The normalized spacial score (nSPS) is 56.7. The first-order valence-electron chi connectivity index (χ1n) is 4.30. The summed E-state index contributed by atoms with van der Waals surface area (Å²) in [7, 11) is 0. The van der Waals surface area contributed by atoms with Gasteiger partial charge in [-0.25, -0.2) is 0 Å². The van der Waals surface area contributed by atoms with Crippen molar-refractivity contribution in [3.63, 3.8) is 0 Å². The maximum Gasteiger partial charge on any atom is 0.0952 e. The molecule has 1 aliphatic carbocycles. The molecule has 68 valence electrons. The molecule has 0 aromatic heterocycles. The Bertz CT molecular complexity index is 231. The second-order valence-electron chi connectivity index (χ2n) is 3.83. The van der Waals surface area contributed by atoms with Crippen molar-refractivity contribution in [2.75, 3.05) is 0 Å². The summed E-state index contributed by atoms with van der Waals surface area (Å²) in [6.07, 6.45) is 0.991. The zero-order chi connectivity index (χ0) is 8.93. The topological polar surface area (TPSA) is 24.7 Å². The van der Waals surface area contributed by atoms with E-state index in [9.17, 15) is 0 Å². The zero-order valence-electron chi connectivity index (χ0n) is 7.17. The summed E-state index contributed by atoms with van der Waals surface area (Å²) in [6.45, 7) is 4.23. The molecule has 2 nitrogen and oxygen atoms in total. The molecule has 1 heterocycles. The summed E-state index contributed by atoms with van der Waals surface area (Å²) >= 11 is 12.1. The van der Waals surface area contributed by atoms with Crippen LogP contribution in [0.2, 0.25) is 0 Å². The predicted molar refractivity (Wildman–Crippen MR) is 50.1 cm³/mol. The smallest absolute Gasteiger partial charge is 0.0952 e. The molecule has 0 saturated heterocycles. The van der Waals surface area contributed by atoms with Crippen molar-refractivity contribution in [2.45, 2.75) is 42.6 Å². The maximum absolute atomic E-state index is 6.11. The van der Waals surface area contributed by atoms with E-state index in [2.05, 4.69) is 24.1 Å². The molecule has 0 amide bonds. The van der Waals surface area contributed by atoms with Crippen LogP contribution in [0.4, 0.5) is 0 Å². The highest BCUT2D eigenvalue weighted by molar-refractivity contribution is 6.32. The van der Waals surface area contributed by atoms with Gasteiger partial charge in [0, 0.05) is 5.92 Å². The van der Waals surface area contributed by atoms with E-state index in [1.165, 1.54) is 0 Å². The van der Waals surface area contributed by atoms with Crippen molar-refractivity contribution in [1.29, 1.82) is 0 Å². The fourth-order valence-corrected chi connectivity index (χ4v) is 2.98. The Labute approximate surface area is 82.3 Å². The van der Waals surface area contributed by atoms with E-state index < -0.39 is 0 Å². The maximum atomic E-state index is 6.11. The van der Waals surface area contributed by atoms with Gasteiger partial charge in [0.2, 0.25) is 0 Å². The first-order chi connectivity index (χ1) is 5.60. The fraction of sp³-hybridized carbons (Fsp3) is 1.00. The number of hydrogen-bond donors (Lipinski definition) is 0. The van der Waals surface area contributed by atoms with Crippen LogP contribution >= 0.6 is 23.2 Å². The van der Waals surface area contributed by atoms with Crippen molar-refractivity contribution in [1.82, 2.24) is 0 Å². The minimum atomic E-state index is -0.0531. The molecule has 0 N–H and O–H groups in total. The highest BCUT2D eigenvalue weighted by atomic mass is 35.5. The third kappa shape index (κ3) is 0.882. The molecule has 2 aliphatic rings. The minimum Gasteiger partial charge on any atom is -0.188 e. The van der Waals surface area contributed by atoms with Crippen molar-refractivity contribution < 1.29 is 0 Å². The first-order valence-corrected chi connectivity index (χ1v) is 5.17. The quantitative estimate of drug-likeness (QED) is 0.590. The summed E-state index contributed by atoms with van der Waals surface area (Å²) in [5.41, 5.74) is -0.0531. The van der Waals surface area contributed by atoms with E-state index in [-0.39, 0.29) is 22.3 Å². The third-order valence-corrected chi connectivity index (χ3v) is 4.40. The molecule has 12 heavy (non-hydrogen) atoms. The molecule has 5 unspecified atom stereocenters. The summed E-state index contributed by atoms with van der Waals surface area (Å²) in [5.74, 6) is 0.367. The summed E-state index contributed by atoms with van der Waals surface area (Å²) in [5, 5.41) is 8.48. The van der Waals surface area contributed by atoms with E-state index >= 15 is 0 Å². The molecular weight excluding hydrogens is 195 g/mol. The number of halogens is 2. The Morgan fingerprint density at radius 3 is 2.58 bits per heavy atom. The molecule has 0 bridgehead atoms. The van der Waals surface area contributed by atoms with Crippen molar-refractivity contribution in [2.24, 2.45) is 16.1 Å². The fourth-order valence-electron chi connectivity index (χ4n) is 2.05. The summed E-state index contributed by atoms with van der Waals surface area (Å²) in [4.78, 5) is 0. The number of azo groups is 1. The van der Waals surface area contributed by atoms with Gasteiger partial charge in [-0.2, -0.15) is 10.2 Å². The van der Waals surface area contributed by atoms with Gasteiger partial charge in [-0.15, -0.1) is 23.2 Å². The lowest BCUT2D eigenvalue weighted by molar-refractivity contribution is 0.203. The van der Waals surface area contributed by atoms with Gasteiger partial charge in [0.1, 0.15) is 0 Å². The summed E-state index contributed by atoms with van der Waals surface area (Å²) in [6, 6.07) is 0.180. The van der Waals surface area contributed by atoms with Gasteiger partial charge in [0.25, 0.3) is 0 Å². The standard InChI is InChI=1S/C8H12Cl2N2/c1-3-8(2)4-5(9)6(10)7(4)11-12-8/h4-7H,3H2,1-2H3. The Hall–Kier alpha value is 0.180. The Kier molecular flexibility index (Phi) is 1.89. The van der Waals surface area contributed by atoms with E-state index in [0.29, 0.717) is 5.92 Å². The largest absolute Gasteiger partial charge is 0.188 e. The highest BCUT2D eigenvalue weighted by Crippen LogP contribution is 2.52.